The van der Waals surface area contributed by atoms with E-state index >= 15 is 0 Å². The van der Waals surface area contributed by atoms with Crippen molar-refractivity contribution in [3.05, 3.63) is 58.1 Å². The Balaban J connectivity index is 2.15. The van der Waals surface area contributed by atoms with E-state index < -0.39 is 28.5 Å². The van der Waals surface area contributed by atoms with E-state index in [-0.39, 0.29) is 26.2 Å². The van der Waals surface area contributed by atoms with Crippen LogP contribution < -0.4 is 10.0 Å². The van der Waals surface area contributed by atoms with Gasteiger partial charge in [-0.3, -0.25) is 9.52 Å². The van der Waals surface area contributed by atoms with Crippen LogP contribution in [0.4, 0.5) is 5.69 Å². The SMILES string of the molecule is CCCCNC(=O)COC(=O)c1ccccc1NS(=O)(=O)c1cc(Cl)ccc1Cl. The smallest absolute Gasteiger partial charge is 0.340 e. The molecule has 0 saturated heterocycles. The molecule has 0 heterocycles. The van der Waals surface area contributed by atoms with Crippen LogP contribution in [0.1, 0.15) is 30.1 Å². The largest absolute Gasteiger partial charge is 0.452 e. The molecule has 0 aliphatic carbocycles. The summed E-state index contributed by atoms with van der Waals surface area (Å²) in [7, 11) is -4.12. The van der Waals surface area contributed by atoms with Gasteiger partial charge in [0.15, 0.2) is 6.61 Å². The lowest BCUT2D eigenvalue weighted by atomic mass is 10.2. The third-order valence-electron chi connectivity index (χ3n) is 3.76. The van der Waals surface area contributed by atoms with Gasteiger partial charge in [-0.05, 0) is 36.8 Å². The second-order valence-corrected chi connectivity index (χ2v) is 8.50. The lowest BCUT2D eigenvalue weighted by Crippen LogP contribution is -2.29. The van der Waals surface area contributed by atoms with Crippen LogP contribution in [0, 0.1) is 0 Å². The van der Waals surface area contributed by atoms with E-state index in [4.69, 9.17) is 27.9 Å². The van der Waals surface area contributed by atoms with Crippen LogP contribution in [0.2, 0.25) is 10.0 Å². The zero-order chi connectivity index (χ0) is 21.4. The van der Waals surface area contributed by atoms with E-state index in [0.717, 1.165) is 12.8 Å². The van der Waals surface area contributed by atoms with Crippen LogP contribution >= 0.6 is 23.2 Å². The summed E-state index contributed by atoms with van der Waals surface area (Å²) in [5.74, 6) is -1.28. The van der Waals surface area contributed by atoms with E-state index in [1.54, 1.807) is 12.1 Å². The van der Waals surface area contributed by atoms with Gasteiger partial charge in [0.05, 0.1) is 16.3 Å². The number of hydrogen-bond acceptors (Lipinski definition) is 5. The molecular formula is C19H20Cl2N2O5S. The Morgan fingerprint density at radius 2 is 1.83 bits per heavy atom. The normalized spacial score (nSPS) is 11.0. The van der Waals surface area contributed by atoms with Crippen molar-refractivity contribution < 1.29 is 22.7 Å². The molecule has 0 bridgehead atoms. The first-order valence-electron chi connectivity index (χ1n) is 8.75. The van der Waals surface area contributed by atoms with Crippen LogP contribution in [0.15, 0.2) is 47.4 Å². The van der Waals surface area contributed by atoms with Gasteiger partial charge in [-0.25, -0.2) is 13.2 Å². The van der Waals surface area contributed by atoms with Crippen molar-refractivity contribution in [2.24, 2.45) is 0 Å². The number of amides is 1. The van der Waals surface area contributed by atoms with Gasteiger partial charge < -0.3 is 10.1 Å². The Morgan fingerprint density at radius 3 is 2.55 bits per heavy atom. The standard InChI is InChI=1S/C19H20Cl2N2O5S/c1-2-3-10-22-18(24)12-28-19(25)14-6-4-5-7-16(14)23-29(26,27)17-11-13(20)8-9-15(17)21/h4-9,11,23H,2-3,10,12H2,1H3,(H,22,24). The molecule has 0 radical (unpaired) electrons. The number of sulfonamides is 1. The Bertz CT molecular complexity index is 996. The highest BCUT2D eigenvalue weighted by Crippen LogP contribution is 2.28. The number of hydrogen-bond donors (Lipinski definition) is 2. The summed E-state index contributed by atoms with van der Waals surface area (Å²) in [5, 5.41) is 2.79. The summed E-state index contributed by atoms with van der Waals surface area (Å²) in [6.07, 6.45) is 1.74. The molecule has 2 aromatic carbocycles. The van der Waals surface area contributed by atoms with Gasteiger partial charge in [-0.1, -0.05) is 48.7 Å². The van der Waals surface area contributed by atoms with E-state index in [1.165, 1.54) is 30.3 Å². The maximum Gasteiger partial charge on any atom is 0.340 e. The minimum Gasteiger partial charge on any atom is -0.452 e. The molecule has 0 aromatic heterocycles. The summed E-state index contributed by atoms with van der Waals surface area (Å²) in [5.41, 5.74) is -0.0597. The monoisotopic (exact) mass is 458 g/mol. The van der Waals surface area contributed by atoms with Crippen LogP contribution in [0.3, 0.4) is 0 Å². The average Bonchev–Trinajstić information content (AvgIpc) is 2.68. The molecular weight excluding hydrogens is 439 g/mol. The van der Waals surface area contributed by atoms with Gasteiger partial charge >= 0.3 is 5.97 Å². The zero-order valence-electron chi connectivity index (χ0n) is 15.6. The minimum atomic E-state index is -4.12. The summed E-state index contributed by atoms with van der Waals surface area (Å²) >= 11 is 11.8. The van der Waals surface area contributed by atoms with E-state index in [9.17, 15) is 18.0 Å². The Morgan fingerprint density at radius 1 is 1.10 bits per heavy atom. The fourth-order valence-corrected chi connectivity index (χ4v) is 4.14. The number of esters is 1. The molecule has 2 rings (SSSR count). The molecule has 0 fully saturated rings. The third kappa shape index (κ3) is 6.62. The predicted octanol–water partition coefficient (Wildman–Crippen LogP) is 3.87. The molecule has 0 atom stereocenters. The maximum atomic E-state index is 12.7. The van der Waals surface area contributed by atoms with Gasteiger partial charge in [-0.15, -0.1) is 0 Å². The fourth-order valence-electron chi connectivity index (χ4n) is 2.30. The summed E-state index contributed by atoms with van der Waals surface area (Å²) in [6.45, 7) is 2.01. The number of anilines is 1. The van der Waals surface area contributed by atoms with Crippen molar-refractivity contribution in [1.29, 1.82) is 0 Å². The summed E-state index contributed by atoms with van der Waals surface area (Å²) in [6, 6.07) is 9.89. The maximum absolute atomic E-state index is 12.7. The quantitative estimate of drug-likeness (QED) is 0.438. The fraction of sp³-hybridized carbons (Fsp3) is 0.263. The number of rotatable bonds is 9. The molecule has 0 unspecified atom stereocenters. The molecule has 0 aliphatic rings. The highest BCUT2D eigenvalue weighted by Gasteiger charge is 2.22. The molecule has 0 saturated carbocycles. The molecule has 0 aliphatic heterocycles. The Kier molecular flexibility index (Phi) is 8.31. The molecule has 156 valence electrons. The van der Waals surface area contributed by atoms with Crippen LogP contribution in [-0.4, -0.2) is 33.4 Å². The topological polar surface area (TPSA) is 102 Å². The number of nitrogens with one attached hydrogen (secondary N) is 2. The number of para-hydroxylation sites is 1. The lowest BCUT2D eigenvalue weighted by molar-refractivity contribution is -0.124. The Labute approximate surface area is 179 Å². The first-order chi connectivity index (χ1) is 13.7. The Hall–Kier alpha value is -2.29. The van der Waals surface area contributed by atoms with Gasteiger partial charge in [0, 0.05) is 11.6 Å². The van der Waals surface area contributed by atoms with Crippen molar-refractivity contribution in [2.45, 2.75) is 24.7 Å². The molecule has 0 spiro atoms. The number of carbonyl (C=O) groups excluding carboxylic acids is 2. The number of halogens is 2. The number of ether oxygens (including phenoxy) is 1. The van der Waals surface area contributed by atoms with Crippen LogP contribution in [0.5, 0.6) is 0 Å². The lowest BCUT2D eigenvalue weighted by Gasteiger charge is -2.13. The third-order valence-corrected chi connectivity index (χ3v) is 5.84. The van der Waals surface area contributed by atoms with E-state index in [1.807, 2.05) is 6.92 Å². The summed E-state index contributed by atoms with van der Waals surface area (Å²) in [4.78, 5) is 23.8. The second-order valence-electron chi connectivity index (χ2n) is 6.01. The van der Waals surface area contributed by atoms with E-state index in [0.29, 0.717) is 6.54 Å². The van der Waals surface area contributed by atoms with Crippen molar-refractivity contribution in [3.8, 4) is 0 Å². The van der Waals surface area contributed by atoms with Crippen molar-refractivity contribution in [3.63, 3.8) is 0 Å². The molecule has 7 nitrogen and oxygen atoms in total. The van der Waals surface area contributed by atoms with Gasteiger partial charge in [0.1, 0.15) is 4.90 Å². The highest BCUT2D eigenvalue weighted by atomic mass is 35.5. The number of unbranched alkanes of at least 4 members (excludes halogenated alkanes) is 1. The van der Waals surface area contributed by atoms with Gasteiger partial charge in [0.2, 0.25) is 0 Å². The van der Waals surface area contributed by atoms with Crippen molar-refractivity contribution in [1.82, 2.24) is 5.32 Å². The van der Waals surface area contributed by atoms with Crippen LogP contribution in [-0.2, 0) is 19.6 Å². The first-order valence-corrected chi connectivity index (χ1v) is 11.0. The van der Waals surface area contributed by atoms with Crippen molar-refractivity contribution >= 4 is 50.8 Å². The van der Waals surface area contributed by atoms with E-state index in [2.05, 4.69) is 10.0 Å². The molecule has 2 aromatic rings. The highest BCUT2D eigenvalue weighted by molar-refractivity contribution is 7.92. The van der Waals surface area contributed by atoms with Gasteiger partial charge in [0.25, 0.3) is 15.9 Å². The second kappa shape index (κ2) is 10.5. The molecule has 29 heavy (non-hydrogen) atoms. The summed E-state index contributed by atoms with van der Waals surface area (Å²) < 4.78 is 32.7. The number of benzene rings is 2. The number of carbonyl (C=O) groups is 2. The average molecular weight is 459 g/mol. The molecule has 2 N–H and O–H groups in total. The van der Waals surface area contributed by atoms with Crippen LogP contribution in [0.25, 0.3) is 0 Å². The zero-order valence-corrected chi connectivity index (χ0v) is 17.9. The van der Waals surface area contributed by atoms with Gasteiger partial charge in [-0.2, -0.15) is 0 Å². The molecule has 1 amide bonds. The first kappa shape index (κ1) is 23.0. The predicted molar refractivity (Wildman–Crippen MR) is 112 cm³/mol. The minimum absolute atomic E-state index is 0.0140. The van der Waals surface area contributed by atoms with Crippen molar-refractivity contribution in [2.75, 3.05) is 17.9 Å². The molecule has 10 heteroatoms.